The summed E-state index contributed by atoms with van der Waals surface area (Å²) in [5.74, 6) is -0.124. The van der Waals surface area contributed by atoms with E-state index in [1.165, 1.54) is 5.69 Å². The van der Waals surface area contributed by atoms with Gasteiger partial charge in [0, 0.05) is 5.56 Å². The van der Waals surface area contributed by atoms with Crippen molar-refractivity contribution in [1.29, 1.82) is 0 Å². The second-order valence-electron chi connectivity index (χ2n) is 6.66. The van der Waals surface area contributed by atoms with Gasteiger partial charge < -0.3 is 11.1 Å². The van der Waals surface area contributed by atoms with Gasteiger partial charge >= 0.3 is 0 Å². The molecule has 1 amide bonds. The molecule has 3 rings (SSSR count). The second-order valence-corrected chi connectivity index (χ2v) is 6.66. The Bertz CT molecular complexity index is 675. The van der Waals surface area contributed by atoms with Gasteiger partial charge in [0.25, 0.3) is 0 Å². The van der Waals surface area contributed by atoms with Gasteiger partial charge in [-0.1, -0.05) is 32.0 Å². The minimum absolute atomic E-state index is 0.0130. The summed E-state index contributed by atoms with van der Waals surface area (Å²) in [4.78, 5) is 11.7. The monoisotopic (exact) mass is 298 g/mol. The molecule has 116 valence electrons. The van der Waals surface area contributed by atoms with Crippen LogP contribution in [-0.2, 0) is 11.2 Å². The molecule has 5 heteroatoms. The molecule has 1 aliphatic carbocycles. The van der Waals surface area contributed by atoms with Gasteiger partial charge in [0.05, 0.1) is 30.2 Å². The largest absolute Gasteiger partial charge is 0.348 e. The number of hydrogen-bond acceptors (Lipinski definition) is 3. The van der Waals surface area contributed by atoms with Crippen LogP contribution in [0.2, 0.25) is 0 Å². The van der Waals surface area contributed by atoms with E-state index < -0.39 is 0 Å². The van der Waals surface area contributed by atoms with E-state index in [2.05, 4.69) is 24.3 Å². The van der Waals surface area contributed by atoms with E-state index >= 15 is 0 Å². The van der Waals surface area contributed by atoms with Crippen LogP contribution >= 0.6 is 0 Å². The molecule has 3 N–H and O–H groups in total. The molecular formula is C17H22N4O. The maximum atomic E-state index is 11.7. The second kappa shape index (κ2) is 5.57. The number of nitrogens with zero attached hydrogens (tertiary/aromatic N) is 2. The zero-order valence-electron chi connectivity index (χ0n) is 13.0. The van der Waals surface area contributed by atoms with E-state index in [1.807, 2.05) is 41.2 Å². The SMILES string of the molecule is CC1(C)Cc2c(cnn2-c2ccccc2)[C@H](NC(=O)CN)C1. The third-order valence-electron chi connectivity index (χ3n) is 4.20. The Kier molecular flexibility index (Phi) is 3.74. The highest BCUT2D eigenvalue weighted by Crippen LogP contribution is 2.41. The molecule has 0 aliphatic heterocycles. The molecule has 0 saturated carbocycles. The molecule has 1 aromatic heterocycles. The highest BCUT2D eigenvalue weighted by molar-refractivity contribution is 5.78. The lowest BCUT2D eigenvalue weighted by Gasteiger charge is -2.35. The zero-order chi connectivity index (χ0) is 15.7. The first-order chi connectivity index (χ1) is 10.5. The molecular weight excluding hydrogens is 276 g/mol. The standard InChI is InChI=1S/C17H22N4O/c1-17(2)8-14(20-16(22)10-18)13-11-19-21(15(13)9-17)12-6-4-3-5-7-12/h3-7,11,14H,8-10,18H2,1-2H3,(H,20,22)/t14-/m1/s1. The van der Waals surface area contributed by atoms with Crippen molar-refractivity contribution in [3.63, 3.8) is 0 Å². The van der Waals surface area contributed by atoms with E-state index in [9.17, 15) is 4.79 Å². The summed E-state index contributed by atoms with van der Waals surface area (Å²) < 4.78 is 1.98. The van der Waals surface area contributed by atoms with Crippen LogP contribution in [0.5, 0.6) is 0 Å². The fraction of sp³-hybridized carbons (Fsp3) is 0.412. The van der Waals surface area contributed by atoms with Crippen molar-refractivity contribution in [1.82, 2.24) is 15.1 Å². The third-order valence-corrected chi connectivity index (χ3v) is 4.20. The highest BCUT2D eigenvalue weighted by Gasteiger charge is 2.35. The van der Waals surface area contributed by atoms with Crippen LogP contribution in [0.1, 0.15) is 37.6 Å². The average molecular weight is 298 g/mol. The molecule has 0 bridgehead atoms. The minimum Gasteiger partial charge on any atom is -0.348 e. The lowest BCUT2D eigenvalue weighted by Crippen LogP contribution is -2.39. The molecule has 0 fully saturated rings. The Morgan fingerprint density at radius 2 is 2.14 bits per heavy atom. The lowest BCUT2D eigenvalue weighted by atomic mass is 9.74. The topological polar surface area (TPSA) is 72.9 Å². The molecule has 1 heterocycles. The van der Waals surface area contributed by atoms with Crippen LogP contribution < -0.4 is 11.1 Å². The van der Waals surface area contributed by atoms with Gasteiger partial charge in [-0.15, -0.1) is 0 Å². The van der Waals surface area contributed by atoms with Gasteiger partial charge in [0.1, 0.15) is 0 Å². The van der Waals surface area contributed by atoms with Crippen molar-refractivity contribution in [2.75, 3.05) is 6.54 Å². The predicted octanol–water partition coefficient (Wildman–Crippen LogP) is 1.96. The summed E-state index contributed by atoms with van der Waals surface area (Å²) in [7, 11) is 0. The van der Waals surface area contributed by atoms with Gasteiger partial charge in [-0.05, 0) is 30.4 Å². The number of nitrogens with two attached hydrogens (primary N) is 1. The van der Waals surface area contributed by atoms with Crippen molar-refractivity contribution in [2.45, 2.75) is 32.7 Å². The van der Waals surface area contributed by atoms with Crippen molar-refractivity contribution in [3.8, 4) is 5.69 Å². The Morgan fingerprint density at radius 3 is 2.82 bits per heavy atom. The van der Waals surface area contributed by atoms with Gasteiger partial charge in [0.15, 0.2) is 0 Å². The Balaban J connectivity index is 2.01. The number of amides is 1. The third kappa shape index (κ3) is 2.76. The van der Waals surface area contributed by atoms with Crippen LogP contribution in [0.3, 0.4) is 0 Å². The van der Waals surface area contributed by atoms with Gasteiger partial charge in [-0.2, -0.15) is 5.10 Å². The van der Waals surface area contributed by atoms with Crippen molar-refractivity contribution in [3.05, 3.63) is 47.8 Å². The number of fused-ring (bicyclic) bond motifs is 1. The van der Waals surface area contributed by atoms with Crippen molar-refractivity contribution >= 4 is 5.91 Å². The van der Waals surface area contributed by atoms with E-state index in [-0.39, 0.29) is 23.9 Å². The minimum atomic E-state index is -0.124. The normalized spacial score (nSPS) is 19.5. The first-order valence-corrected chi connectivity index (χ1v) is 7.62. The van der Waals surface area contributed by atoms with Crippen LogP contribution in [0, 0.1) is 5.41 Å². The summed E-state index contributed by atoms with van der Waals surface area (Å²) in [6, 6.07) is 10.1. The number of nitrogens with one attached hydrogen (secondary N) is 1. The van der Waals surface area contributed by atoms with Crippen molar-refractivity contribution in [2.24, 2.45) is 11.1 Å². The highest BCUT2D eigenvalue weighted by atomic mass is 16.1. The summed E-state index contributed by atoms with van der Waals surface area (Å²) in [6.07, 6.45) is 3.71. The lowest BCUT2D eigenvalue weighted by molar-refractivity contribution is -0.120. The molecule has 2 aromatic rings. The fourth-order valence-corrected chi connectivity index (χ4v) is 3.22. The van der Waals surface area contributed by atoms with Crippen LogP contribution in [-0.4, -0.2) is 22.2 Å². The smallest absolute Gasteiger partial charge is 0.234 e. The van der Waals surface area contributed by atoms with Crippen LogP contribution in [0.4, 0.5) is 0 Å². The first kappa shape index (κ1) is 14.8. The number of carbonyl (C=O) groups is 1. The van der Waals surface area contributed by atoms with Gasteiger partial charge in [0.2, 0.25) is 5.91 Å². The number of benzene rings is 1. The summed E-state index contributed by atoms with van der Waals surface area (Å²) in [6.45, 7) is 4.46. The number of aromatic nitrogens is 2. The zero-order valence-corrected chi connectivity index (χ0v) is 13.0. The molecule has 0 saturated heterocycles. The Hall–Kier alpha value is -2.14. The molecule has 0 spiro atoms. The quantitative estimate of drug-likeness (QED) is 0.910. The van der Waals surface area contributed by atoms with Crippen LogP contribution in [0.15, 0.2) is 36.5 Å². The molecule has 1 aliphatic rings. The molecule has 1 atom stereocenters. The molecule has 0 unspecified atom stereocenters. The van der Waals surface area contributed by atoms with Gasteiger partial charge in [-0.25, -0.2) is 4.68 Å². The first-order valence-electron chi connectivity index (χ1n) is 7.62. The summed E-state index contributed by atoms with van der Waals surface area (Å²) in [5, 5.41) is 7.58. The summed E-state index contributed by atoms with van der Waals surface area (Å²) >= 11 is 0. The van der Waals surface area contributed by atoms with E-state index in [1.54, 1.807) is 0 Å². The average Bonchev–Trinajstić information content (AvgIpc) is 2.90. The maximum Gasteiger partial charge on any atom is 0.234 e. The van der Waals surface area contributed by atoms with E-state index in [0.29, 0.717) is 0 Å². The number of hydrogen-bond donors (Lipinski definition) is 2. The fourth-order valence-electron chi connectivity index (χ4n) is 3.22. The van der Waals surface area contributed by atoms with Crippen LogP contribution in [0.25, 0.3) is 5.69 Å². The van der Waals surface area contributed by atoms with Crippen molar-refractivity contribution < 1.29 is 4.79 Å². The number of rotatable bonds is 3. The molecule has 0 radical (unpaired) electrons. The maximum absolute atomic E-state index is 11.7. The van der Waals surface area contributed by atoms with Gasteiger partial charge in [-0.3, -0.25) is 4.79 Å². The van der Waals surface area contributed by atoms with E-state index in [4.69, 9.17) is 5.73 Å². The predicted molar refractivity (Wildman–Crippen MR) is 85.6 cm³/mol. The Morgan fingerprint density at radius 1 is 1.41 bits per heavy atom. The summed E-state index contributed by atoms with van der Waals surface area (Å²) in [5.41, 5.74) is 8.86. The Labute approximate surface area is 130 Å². The molecule has 22 heavy (non-hydrogen) atoms. The molecule has 5 nitrogen and oxygen atoms in total. The van der Waals surface area contributed by atoms with E-state index in [0.717, 1.165) is 24.1 Å². The molecule has 1 aromatic carbocycles. The number of carbonyl (C=O) groups excluding carboxylic acids is 1. The number of para-hydroxylation sites is 1.